The molecule has 0 heterocycles. The SMILES string of the molecule is c1ccc(-c2ccc(N(c3ccc(-c4ccccc4)c(-c4ccccc4)c3)c3cccc4c3-c3ccccc3C43c4ccccc4C4(c5ccccc5-c5ccccc54)c4ccccc43)cc2)cc1. The summed E-state index contributed by atoms with van der Waals surface area (Å²) in [6, 6.07) is 102. The predicted molar refractivity (Wildman–Crippen MR) is 286 cm³/mol. The Morgan fingerprint density at radius 1 is 0.217 bits per heavy atom. The Hall–Kier alpha value is -8.78. The Morgan fingerprint density at radius 3 is 1.13 bits per heavy atom. The second-order valence-corrected chi connectivity index (χ2v) is 18.6. The summed E-state index contributed by atoms with van der Waals surface area (Å²) >= 11 is 0. The van der Waals surface area contributed by atoms with Crippen LogP contribution < -0.4 is 4.90 Å². The van der Waals surface area contributed by atoms with Crippen LogP contribution in [0.1, 0.15) is 44.5 Å². The highest BCUT2D eigenvalue weighted by molar-refractivity contribution is 6.00. The second-order valence-electron chi connectivity index (χ2n) is 18.6. The van der Waals surface area contributed by atoms with Gasteiger partial charge in [0.15, 0.2) is 0 Å². The van der Waals surface area contributed by atoms with E-state index in [0.717, 1.165) is 17.1 Å². The molecule has 1 nitrogen and oxygen atoms in total. The topological polar surface area (TPSA) is 3.24 Å². The number of benzene rings is 11. The van der Waals surface area contributed by atoms with Crippen molar-refractivity contribution in [1.29, 1.82) is 0 Å². The van der Waals surface area contributed by atoms with E-state index in [9.17, 15) is 0 Å². The molecule has 14 rings (SSSR count). The normalized spacial score (nSPS) is 13.7. The van der Waals surface area contributed by atoms with E-state index in [2.05, 4.69) is 278 Å². The van der Waals surface area contributed by atoms with Crippen LogP contribution in [0, 0.1) is 0 Å². The van der Waals surface area contributed by atoms with Gasteiger partial charge in [-0.15, -0.1) is 0 Å². The first kappa shape index (κ1) is 39.4. The second kappa shape index (κ2) is 15.4. The van der Waals surface area contributed by atoms with Crippen LogP contribution in [0.2, 0.25) is 0 Å². The maximum absolute atomic E-state index is 2.51. The summed E-state index contributed by atoms with van der Waals surface area (Å²) in [5.41, 5.74) is 25.1. The van der Waals surface area contributed by atoms with E-state index >= 15 is 0 Å². The molecular weight excluding hydrogens is 831 g/mol. The summed E-state index contributed by atoms with van der Waals surface area (Å²) in [5, 5.41) is 0. The Labute approximate surface area is 403 Å². The molecule has 0 amide bonds. The van der Waals surface area contributed by atoms with Gasteiger partial charge in [0.25, 0.3) is 0 Å². The maximum Gasteiger partial charge on any atom is 0.0720 e. The monoisotopic (exact) mass is 875 g/mol. The van der Waals surface area contributed by atoms with Gasteiger partial charge in [-0.25, -0.2) is 0 Å². The Balaban J connectivity index is 1.06. The standard InChI is InChI=1S/C68H45N/c1-4-21-46(22-5-1)47-39-41-50(42-40-47)69(51-43-44-52(48-23-6-2-7-24-48)56(45-51)49-25-8-3-9-26-49)65-38-20-37-64-66(65)55-29-12-15-32-59(55)68(64)62-35-18-16-33-60(62)67(61-34-17-19-36-63(61)68)57-30-13-10-27-53(57)54-28-11-14-31-58(54)67/h1-45H. The number of fused-ring (bicyclic) bond motifs is 16. The van der Waals surface area contributed by atoms with Crippen molar-refractivity contribution in [3.05, 3.63) is 317 Å². The lowest BCUT2D eigenvalue weighted by Gasteiger charge is -2.48. The fourth-order valence-electron chi connectivity index (χ4n) is 12.7. The number of anilines is 3. The van der Waals surface area contributed by atoms with Crippen molar-refractivity contribution in [3.8, 4) is 55.6 Å². The summed E-state index contributed by atoms with van der Waals surface area (Å²) in [6.07, 6.45) is 0. The van der Waals surface area contributed by atoms with Crippen LogP contribution in [0.25, 0.3) is 55.6 Å². The van der Waals surface area contributed by atoms with Crippen molar-refractivity contribution in [2.75, 3.05) is 4.90 Å². The fraction of sp³-hybridized carbons (Fsp3) is 0.0294. The summed E-state index contributed by atoms with van der Waals surface area (Å²) in [7, 11) is 0. The largest absolute Gasteiger partial charge is 0.310 e. The van der Waals surface area contributed by atoms with Gasteiger partial charge in [0.2, 0.25) is 0 Å². The molecule has 0 saturated carbocycles. The molecule has 0 atom stereocenters. The highest BCUT2D eigenvalue weighted by Gasteiger charge is 2.59. The number of rotatable bonds is 6. The van der Waals surface area contributed by atoms with E-state index in [1.165, 1.54) is 100 Å². The van der Waals surface area contributed by atoms with E-state index in [-0.39, 0.29) is 0 Å². The Morgan fingerprint density at radius 2 is 0.594 bits per heavy atom. The summed E-state index contributed by atoms with van der Waals surface area (Å²) < 4.78 is 0. The van der Waals surface area contributed by atoms with Gasteiger partial charge in [-0.05, 0) is 125 Å². The predicted octanol–water partition coefficient (Wildman–Crippen LogP) is 17.2. The molecule has 3 aliphatic rings. The first-order chi connectivity index (χ1) is 34.3. The molecule has 69 heavy (non-hydrogen) atoms. The van der Waals surface area contributed by atoms with Crippen LogP contribution >= 0.6 is 0 Å². The van der Waals surface area contributed by atoms with Crippen molar-refractivity contribution in [2.24, 2.45) is 0 Å². The molecule has 0 aromatic heterocycles. The average Bonchev–Trinajstić information content (AvgIpc) is 3.90. The molecule has 0 unspecified atom stereocenters. The van der Waals surface area contributed by atoms with Gasteiger partial charge in [0.1, 0.15) is 0 Å². The van der Waals surface area contributed by atoms with Crippen LogP contribution in [0.3, 0.4) is 0 Å². The third-order valence-corrected chi connectivity index (χ3v) is 15.4. The molecule has 0 bridgehead atoms. The quantitative estimate of drug-likeness (QED) is 0.161. The van der Waals surface area contributed by atoms with Gasteiger partial charge in [-0.2, -0.15) is 0 Å². The van der Waals surface area contributed by atoms with Crippen LogP contribution in [0.4, 0.5) is 17.1 Å². The van der Waals surface area contributed by atoms with Crippen molar-refractivity contribution in [1.82, 2.24) is 0 Å². The minimum absolute atomic E-state index is 0.498. The molecule has 3 aliphatic carbocycles. The van der Waals surface area contributed by atoms with Crippen LogP contribution in [0.15, 0.2) is 273 Å². The lowest BCUT2D eigenvalue weighted by Crippen LogP contribution is -2.43. The number of nitrogens with zero attached hydrogens (tertiary/aromatic N) is 1. The molecule has 11 aromatic rings. The molecule has 0 N–H and O–H groups in total. The van der Waals surface area contributed by atoms with Crippen molar-refractivity contribution in [2.45, 2.75) is 10.8 Å². The zero-order valence-corrected chi connectivity index (χ0v) is 37.9. The van der Waals surface area contributed by atoms with Crippen LogP contribution in [-0.2, 0) is 10.8 Å². The van der Waals surface area contributed by atoms with Gasteiger partial charge in [-0.3, -0.25) is 0 Å². The number of hydrogen-bond acceptors (Lipinski definition) is 1. The molecule has 0 radical (unpaired) electrons. The lowest BCUT2D eigenvalue weighted by atomic mass is 9.52. The zero-order valence-electron chi connectivity index (χ0n) is 37.9. The molecule has 0 fully saturated rings. The Bertz CT molecular complexity index is 3680. The fourth-order valence-corrected chi connectivity index (χ4v) is 12.7. The zero-order chi connectivity index (χ0) is 45.5. The first-order valence-corrected chi connectivity index (χ1v) is 24.1. The van der Waals surface area contributed by atoms with Gasteiger partial charge >= 0.3 is 0 Å². The van der Waals surface area contributed by atoms with E-state index in [1.54, 1.807) is 0 Å². The van der Waals surface area contributed by atoms with Crippen LogP contribution in [-0.4, -0.2) is 0 Å². The molecule has 322 valence electrons. The lowest BCUT2D eigenvalue weighted by molar-refractivity contribution is 0.633. The van der Waals surface area contributed by atoms with E-state index in [4.69, 9.17) is 0 Å². The summed E-state index contributed by atoms with van der Waals surface area (Å²) in [5.74, 6) is 0. The minimum atomic E-state index is -0.609. The van der Waals surface area contributed by atoms with Crippen molar-refractivity contribution in [3.63, 3.8) is 0 Å². The highest BCUT2D eigenvalue weighted by atomic mass is 15.1. The van der Waals surface area contributed by atoms with Gasteiger partial charge in [-0.1, -0.05) is 243 Å². The molecule has 2 spiro atoms. The molecule has 1 heteroatoms. The molecule has 0 saturated heterocycles. The minimum Gasteiger partial charge on any atom is -0.310 e. The van der Waals surface area contributed by atoms with Crippen LogP contribution in [0.5, 0.6) is 0 Å². The van der Waals surface area contributed by atoms with Gasteiger partial charge in [0, 0.05) is 16.9 Å². The van der Waals surface area contributed by atoms with Crippen molar-refractivity contribution < 1.29 is 0 Å². The maximum atomic E-state index is 2.51. The van der Waals surface area contributed by atoms with Gasteiger partial charge in [0.05, 0.1) is 16.5 Å². The number of hydrogen-bond donors (Lipinski definition) is 0. The van der Waals surface area contributed by atoms with Crippen molar-refractivity contribution >= 4 is 17.1 Å². The summed E-state index contributed by atoms with van der Waals surface area (Å²) in [4.78, 5) is 2.51. The van der Waals surface area contributed by atoms with E-state index < -0.39 is 10.8 Å². The highest BCUT2D eigenvalue weighted by Crippen LogP contribution is 2.68. The molecular formula is C68H45N. The molecule has 0 aliphatic heterocycles. The molecule has 11 aromatic carbocycles. The smallest absolute Gasteiger partial charge is 0.0720 e. The first-order valence-electron chi connectivity index (χ1n) is 24.1. The van der Waals surface area contributed by atoms with E-state index in [1.807, 2.05) is 0 Å². The van der Waals surface area contributed by atoms with E-state index in [0.29, 0.717) is 0 Å². The average molecular weight is 876 g/mol. The third kappa shape index (κ3) is 5.53. The third-order valence-electron chi connectivity index (χ3n) is 15.4. The Kier molecular flexibility index (Phi) is 8.78. The van der Waals surface area contributed by atoms with Gasteiger partial charge < -0.3 is 4.90 Å². The summed E-state index contributed by atoms with van der Waals surface area (Å²) in [6.45, 7) is 0.